The number of fused-ring (bicyclic) bond motifs is 1. The van der Waals surface area contributed by atoms with Crippen LogP contribution >= 0.6 is 0 Å². The first kappa shape index (κ1) is 16.9. The number of allylic oxidation sites excluding steroid dienone is 3. The molecule has 4 aliphatic carbocycles. The molecule has 0 aromatic heterocycles. The number of nitrogens with one attached hydrogen (secondary N) is 1. The van der Waals surface area contributed by atoms with Crippen LogP contribution in [0.4, 0.5) is 4.79 Å². The first-order chi connectivity index (χ1) is 12.7. The Morgan fingerprint density at radius 1 is 0.923 bits per heavy atom. The number of ether oxygens (including phenoxy) is 2. The summed E-state index contributed by atoms with van der Waals surface area (Å²) in [4.78, 5) is 24.9. The molecule has 5 heteroatoms. The molecule has 5 nitrogen and oxygen atoms in total. The predicted molar refractivity (Wildman–Crippen MR) is 95.9 cm³/mol. The molecular weight excluding hydrogens is 330 g/mol. The van der Waals surface area contributed by atoms with Gasteiger partial charge in [-0.1, -0.05) is 54.6 Å². The summed E-state index contributed by atoms with van der Waals surface area (Å²) in [5.74, 6) is 0.342. The number of alkyl carbamates (subject to hydrolysis) is 1. The number of hydrogen-bond acceptors (Lipinski definition) is 4. The van der Waals surface area contributed by atoms with Crippen LogP contribution < -0.4 is 5.32 Å². The van der Waals surface area contributed by atoms with Gasteiger partial charge in [0.05, 0.1) is 18.6 Å². The number of amides is 1. The molecule has 4 aliphatic rings. The lowest BCUT2D eigenvalue weighted by Crippen LogP contribution is -2.61. The molecule has 0 heterocycles. The maximum Gasteiger partial charge on any atom is 0.407 e. The summed E-state index contributed by atoms with van der Waals surface area (Å²) in [7, 11) is 0. The largest absolute Gasteiger partial charge is 0.466 e. The van der Waals surface area contributed by atoms with Gasteiger partial charge < -0.3 is 14.8 Å². The van der Waals surface area contributed by atoms with Gasteiger partial charge in [-0.05, 0) is 30.2 Å². The minimum absolute atomic E-state index is 0.0773. The van der Waals surface area contributed by atoms with E-state index in [1.807, 2.05) is 30.3 Å². The van der Waals surface area contributed by atoms with Crippen molar-refractivity contribution in [1.82, 2.24) is 5.32 Å². The fourth-order valence-corrected chi connectivity index (χ4v) is 4.48. The molecular formula is C21H23NO4. The third-order valence-electron chi connectivity index (χ3n) is 5.72. The number of esters is 1. The van der Waals surface area contributed by atoms with Gasteiger partial charge in [-0.3, -0.25) is 4.79 Å². The lowest BCUT2D eigenvalue weighted by Gasteiger charge is -2.54. The van der Waals surface area contributed by atoms with Crippen molar-refractivity contribution in [2.75, 3.05) is 6.61 Å². The Morgan fingerprint density at radius 3 is 2.27 bits per heavy atom. The summed E-state index contributed by atoms with van der Waals surface area (Å²) in [6, 6.07) is 9.25. The molecule has 0 saturated heterocycles. The highest BCUT2D eigenvalue weighted by Gasteiger charge is 2.56. The molecule has 6 atom stereocenters. The average molecular weight is 353 g/mol. The van der Waals surface area contributed by atoms with Gasteiger partial charge in [-0.25, -0.2) is 4.79 Å². The van der Waals surface area contributed by atoms with Crippen LogP contribution in [-0.4, -0.2) is 24.7 Å². The molecule has 1 aromatic carbocycles. The molecule has 26 heavy (non-hydrogen) atoms. The van der Waals surface area contributed by atoms with E-state index in [1.54, 1.807) is 6.92 Å². The normalized spacial score (nSPS) is 33.1. The van der Waals surface area contributed by atoms with E-state index in [9.17, 15) is 9.59 Å². The van der Waals surface area contributed by atoms with Crippen LogP contribution in [0.2, 0.25) is 0 Å². The van der Waals surface area contributed by atoms with Crippen LogP contribution in [0.25, 0.3) is 0 Å². The Labute approximate surface area is 153 Å². The number of carbonyl (C=O) groups excluding carboxylic acids is 2. The lowest BCUT2D eigenvalue weighted by atomic mass is 9.52. The molecule has 2 bridgehead atoms. The van der Waals surface area contributed by atoms with Gasteiger partial charge in [0.15, 0.2) is 0 Å². The summed E-state index contributed by atoms with van der Waals surface area (Å²) in [5.41, 5.74) is 0.927. The van der Waals surface area contributed by atoms with E-state index in [0.717, 1.165) is 5.56 Å². The van der Waals surface area contributed by atoms with Crippen molar-refractivity contribution in [2.45, 2.75) is 19.6 Å². The second-order valence-corrected chi connectivity index (χ2v) is 7.09. The fourth-order valence-electron chi connectivity index (χ4n) is 4.48. The summed E-state index contributed by atoms with van der Waals surface area (Å²) in [5, 5.41) is 2.95. The van der Waals surface area contributed by atoms with Crippen molar-refractivity contribution < 1.29 is 19.1 Å². The Hall–Kier alpha value is -2.56. The zero-order valence-electron chi connectivity index (χ0n) is 14.7. The van der Waals surface area contributed by atoms with E-state index in [2.05, 4.69) is 29.6 Å². The molecule has 136 valence electrons. The second kappa shape index (κ2) is 6.98. The maximum absolute atomic E-state index is 12.6. The standard InChI is InChI=1S/C21H23NO4/c1-2-25-20(23)18-16-10-11-17(15-9-8-14(15)16)19(18)22-21(24)26-12-13-6-4-3-5-7-13/h3-11,14-19H,2,12H2,1H3,(H,22,24)/t14?,15?,16-,17+,18-,19?/m0/s1. The smallest absolute Gasteiger partial charge is 0.407 e. The SMILES string of the molecule is CCOC(=O)[C@@H]1C(NC(=O)OCc2ccccc2)[C@@H]2C=C[C@H]1C1C=CC12. The monoisotopic (exact) mass is 353 g/mol. The second-order valence-electron chi connectivity index (χ2n) is 7.09. The van der Waals surface area contributed by atoms with E-state index < -0.39 is 6.09 Å². The van der Waals surface area contributed by atoms with E-state index in [1.165, 1.54) is 0 Å². The lowest BCUT2D eigenvalue weighted by molar-refractivity contribution is -0.154. The third kappa shape index (κ3) is 2.91. The fraction of sp³-hybridized carbons (Fsp3) is 0.429. The highest BCUT2D eigenvalue weighted by Crippen LogP contribution is 2.53. The average Bonchev–Trinajstić information content (AvgIpc) is 2.61. The van der Waals surface area contributed by atoms with E-state index >= 15 is 0 Å². The number of rotatable bonds is 5. The Kier molecular flexibility index (Phi) is 4.53. The summed E-state index contributed by atoms with van der Waals surface area (Å²) < 4.78 is 10.7. The van der Waals surface area contributed by atoms with Gasteiger partial charge in [0.25, 0.3) is 0 Å². The van der Waals surface area contributed by atoms with Crippen molar-refractivity contribution in [3.63, 3.8) is 0 Å². The highest BCUT2D eigenvalue weighted by molar-refractivity contribution is 5.77. The summed E-state index contributed by atoms with van der Waals surface area (Å²) in [6.45, 7) is 2.35. The molecule has 0 spiro atoms. The van der Waals surface area contributed by atoms with Crippen molar-refractivity contribution in [2.24, 2.45) is 29.6 Å². The molecule has 1 aromatic rings. The summed E-state index contributed by atoms with van der Waals surface area (Å²) >= 11 is 0. The van der Waals surface area contributed by atoms with Crippen LogP contribution in [0.15, 0.2) is 54.6 Å². The molecule has 1 fully saturated rings. The molecule has 0 aliphatic heterocycles. The van der Waals surface area contributed by atoms with Crippen LogP contribution in [0.3, 0.4) is 0 Å². The van der Waals surface area contributed by atoms with E-state index in [4.69, 9.17) is 9.47 Å². The predicted octanol–water partition coefficient (Wildman–Crippen LogP) is 3.08. The van der Waals surface area contributed by atoms with Crippen molar-refractivity contribution in [3.8, 4) is 0 Å². The highest BCUT2D eigenvalue weighted by atomic mass is 16.5. The number of benzene rings is 1. The first-order valence-electron chi connectivity index (χ1n) is 9.19. The quantitative estimate of drug-likeness (QED) is 0.653. The van der Waals surface area contributed by atoms with Crippen molar-refractivity contribution >= 4 is 12.1 Å². The topological polar surface area (TPSA) is 64.6 Å². The van der Waals surface area contributed by atoms with Crippen molar-refractivity contribution in [3.05, 3.63) is 60.2 Å². The molecule has 1 amide bonds. The minimum Gasteiger partial charge on any atom is -0.466 e. The molecule has 3 unspecified atom stereocenters. The minimum atomic E-state index is -0.492. The van der Waals surface area contributed by atoms with E-state index in [0.29, 0.717) is 18.4 Å². The number of hydrogen-bond donors (Lipinski definition) is 1. The third-order valence-corrected chi connectivity index (χ3v) is 5.72. The van der Waals surface area contributed by atoms with Crippen LogP contribution in [-0.2, 0) is 20.9 Å². The zero-order chi connectivity index (χ0) is 18.1. The number of carbonyl (C=O) groups is 2. The van der Waals surface area contributed by atoms with E-state index in [-0.39, 0.29) is 36.4 Å². The van der Waals surface area contributed by atoms with Gasteiger partial charge in [-0.2, -0.15) is 0 Å². The van der Waals surface area contributed by atoms with Gasteiger partial charge >= 0.3 is 12.1 Å². The molecule has 5 rings (SSSR count). The van der Waals surface area contributed by atoms with Crippen LogP contribution in [0.5, 0.6) is 0 Å². The first-order valence-corrected chi connectivity index (χ1v) is 9.19. The van der Waals surface area contributed by atoms with Crippen molar-refractivity contribution in [1.29, 1.82) is 0 Å². The Morgan fingerprint density at radius 2 is 1.58 bits per heavy atom. The van der Waals surface area contributed by atoms with Crippen LogP contribution in [0.1, 0.15) is 12.5 Å². The van der Waals surface area contributed by atoms with Gasteiger partial charge in [0.2, 0.25) is 0 Å². The van der Waals surface area contributed by atoms with Gasteiger partial charge in [0, 0.05) is 5.92 Å². The Bertz CT molecular complexity index is 742. The molecule has 0 radical (unpaired) electrons. The summed E-state index contributed by atoms with van der Waals surface area (Å²) in [6.07, 6.45) is 8.10. The zero-order valence-corrected chi connectivity index (χ0v) is 14.7. The molecule has 1 saturated carbocycles. The molecule has 1 N–H and O–H groups in total. The maximum atomic E-state index is 12.6. The van der Waals surface area contributed by atoms with Crippen LogP contribution in [0, 0.1) is 29.6 Å². The van der Waals surface area contributed by atoms with Gasteiger partial charge in [-0.15, -0.1) is 0 Å². The Balaban J connectivity index is 1.46. The van der Waals surface area contributed by atoms with Gasteiger partial charge in [0.1, 0.15) is 6.61 Å².